The van der Waals surface area contributed by atoms with Gasteiger partial charge in [0.1, 0.15) is 18.0 Å². The molecule has 3 rings (SSSR count). The van der Waals surface area contributed by atoms with Crippen LogP contribution in [0.1, 0.15) is 4.88 Å². The largest absolute Gasteiger partial charge is 0.479 e. The number of esters is 1. The monoisotopic (exact) mass is 522 g/mol. The van der Waals surface area contributed by atoms with Crippen LogP contribution >= 0.6 is 45.7 Å². The Bertz CT molecular complexity index is 797. The summed E-state index contributed by atoms with van der Waals surface area (Å²) in [5.41, 5.74) is -0.0784. The Labute approximate surface area is 176 Å². The number of carboxylic acid groups (broad SMARTS) is 1. The molecule has 11 heteroatoms. The Kier molecular flexibility index (Phi) is 6.42. The number of nitrogens with zero attached hydrogens (tertiary/aromatic N) is 1. The van der Waals surface area contributed by atoms with Crippen LogP contribution in [-0.4, -0.2) is 62.3 Å². The van der Waals surface area contributed by atoms with E-state index in [4.69, 9.17) is 4.74 Å². The Morgan fingerprint density at radius 2 is 2.15 bits per heavy atom. The first-order valence-corrected chi connectivity index (χ1v) is 11.2. The highest BCUT2D eigenvalue weighted by molar-refractivity contribution is 14.1. The zero-order valence-corrected chi connectivity index (χ0v) is 17.6. The summed E-state index contributed by atoms with van der Waals surface area (Å²) in [6, 6.07) is 1.44. The minimum absolute atomic E-state index is 0.0784. The molecule has 2 unspecified atom stereocenters. The number of amides is 2. The molecular weight excluding hydrogens is 507 g/mol. The molecular formula is C16H15IN2O6S2. The molecule has 2 N–H and O–H groups in total. The maximum Gasteiger partial charge on any atom is 0.337 e. The number of aliphatic carboxylic acids is 1. The van der Waals surface area contributed by atoms with Crippen molar-refractivity contribution in [1.82, 2.24) is 10.2 Å². The second-order valence-electron chi connectivity index (χ2n) is 5.71. The SMILES string of the molecule is O=C(Cc1cccs1)NC1C(=O)N2C(C(=O)O)C(C(=O)OCCI)=CS[C@@H]12. The third-order valence-corrected chi connectivity index (χ3v) is 6.48. The highest BCUT2D eigenvalue weighted by Gasteiger charge is 2.57. The standard InChI is InChI=1S/C16H15IN2O6S2/c17-3-4-25-16(24)9-7-27-14-11(13(21)19(14)12(9)15(22)23)18-10(20)6-8-2-1-5-26-8/h1-2,5,7,11-12,14H,3-4,6H2,(H,18,20)(H,22,23)/t11?,12?,14-/m0/s1. The minimum atomic E-state index is -1.41. The molecule has 0 bridgehead atoms. The first-order chi connectivity index (χ1) is 12.9. The van der Waals surface area contributed by atoms with Gasteiger partial charge in [0.05, 0.1) is 12.0 Å². The molecule has 0 spiro atoms. The second-order valence-corrected chi connectivity index (χ2v) is 8.81. The number of halogens is 1. The molecule has 1 aromatic heterocycles. The van der Waals surface area contributed by atoms with Crippen molar-refractivity contribution in [1.29, 1.82) is 0 Å². The first-order valence-electron chi connectivity index (χ1n) is 7.89. The van der Waals surface area contributed by atoms with E-state index in [2.05, 4.69) is 5.32 Å². The Balaban J connectivity index is 1.70. The molecule has 2 aliphatic rings. The number of alkyl halides is 1. The minimum Gasteiger partial charge on any atom is -0.479 e. The quantitative estimate of drug-likeness (QED) is 0.238. The predicted molar refractivity (Wildman–Crippen MR) is 108 cm³/mol. The number of thiophene rings is 1. The van der Waals surface area contributed by atoms with Gasteiger partial charge in [0.25, 0.3) is 0 Å². The molecule has 1 aromatic rings. The maximum absolute atomic E-state index is 12.5. The third-order valence-electron chi connectivity index (χ3n) is 4.00. The van der Waals surface area contributed by atoms with Crippen LogP contribution in [0, 0.1) is 0 Å². The van der Waals surface area contributed by atoms with Crippen LogP contribution in [0.25, 0.3) is 0 Å². The van der Waals surface area contributed by atoms with Gasteiger partial charge in [-0.15, -0.1) is 23.1 Å². The molecule has 1 fully saturated rings. The number of ether oxygens (including phenoxy) is 1. The van der Waals surface area contributed by atoms with Crippen molar-refractivity contribution in [3.05, 3.63) is 33.4 Å². The summed E-state index contributed by atoms with van der Waals surface area (Å²) in [6.07, 6.45) is 0.158. The number of fused-ring (bicyclic) bond motifs is 1. The van der Waals surface area contributed by atoms with E-state index in [0.717, 1.165) is 21.5 Å². The van der Waals surface area contributed by atoms with Crippen LogP contribution in [0.5, 0.6) is 0 Å². The van der Waals surface area contributed by atoms with E-state index < -0.39 is 35.3 Å². The van der Waals surface area contributed by atoms with Crippen molar-refractivity contribution in [2.75, 3.05) is 11.0 Å². The molecule has 27 heavy (non-hydrogen) atoms. The number of thioether (sulfide) groups is 1. The number of rotatable bonds is 7. The number of hydrogen-bond donors (Lipinski definition) is 2. The van der Waals surface area contributed by atoms with Crippen LogP contribution < -0.4 is 5.32 Å². The molecule has 1 saturated heterocycles. The Morgan fingerprint density at radius 3 is 2.78 bits per heavy atom. The maximum atomic E-state index is 12.5. The number of nitrogens with one attached hydrogen (secondary N) is 1. The number of carbonyl (C=O) groups excluding carboxylic acids is 3. The second kappa shape index (κ2) is 8.61. The third kappa shape index (κ3) is 4.14. The van der Waals surface area contributed by atoms with E-state index in [1.54, 1.807) is 0 Å². The fourth-order valence-electron chi connectivity index (χ4n) is 2.82. The van der Waals surface area contributed by atoms with E-state index in [1.165, 1.54) is 16.7 Å². The van der Waals surface area contributed by atoms with Gasteiger partial charge in [-0.05, 0) is 16.9 Å². The van der Waals surface area contributed by atoms with Crippen LogP contribution in [0.15, 0.2) is 28.5 Å². The zero-order chi connectivity index (χ0) is 19.6. The molecule has 2 amide bonds. The van der Waals surface area contributed by atoms with E-state index in [1.807, 2.05) is 40.1 Å². The molecule has 0 saturated carbocycles. The van der Waals surface area contributed by atoms with E-state index in [-0.39, 0.29) is 24.5 Å². The van der Waals surface area contributed by atoms with Crippen molar-refractivity contribution in [3.8, 4) is 0 Å². The van der Waals surface area contributed by atoms with Crippen molar-refractivity contribution in [2.24, 2.45) is 0 Å². The summed E-state index contributed by atoms with van der Waals surface area (Å²) >= 11 is 4.60. The van der Waals surface area contributed by atoms with Gasteiger partial charge in [0.2, 0.25) is 11.8 Å². The number of carbonyl (C=O) groups is 4. The highest BCUT2D eigenvalue weighted by Crippen LogP contribution is 2.40. The summed E-state index contributed by atoms with van der Waals surface area (Å²) in [7, 11) is 0. The van der Waals surface area contributed by atoms with Crippen molar-refractivity contribution < 1.29 is 29.0 Å². The summed E-state index contributed by atoms with van der Waals surface area (Å²) in [6.45, 7) is 0.159. The fourth-order valence-corrected chi connectivity index (χ4v) is 4.95. The van der Waals surface area contributed by atoms with E-state index >= 15 is 0 Å². The van der Waals surface area contributed by atoms with Crippen LogP contribution in [0.2, 0.25) is 0 Å². The lowest BCUT2D eigenvalue weighted by Crippen LogP contribution is -2.74. The number of carboxylic acids is 1. The van der Waals surface area contributed by atoms with Gasteiger partial charge in [-0.1, -0.05) is 28.7 Å². The van der Waals surface area contributed by atoms with E-state index in [0.29, 0.717) is 4.43 Å². The Hall–Kier alpha value is -1.60. The average Bonchev–Trinajstić information content (AvgIpc) is 3.15. The zero-order valence-electron chi connectivity index (χ0n) is 13.8. The van der Waals surface area contributed by atoms with Crippen LogP contribution in [0.4, 0.5) is 0 Å². The normalized spacial score (nSPS) is 23.7. The molecule has 144 valence electrons. The van der Waals surface area contributed by atoms with Gasteiger partial charge in [-0.25, -0.2) is 9.59 Å². The summed E-state index contributed by atoms with van der Waals surface area (Å²) in [5.74, 6) is -2.89. The van der Waals surface area contributed by atoms with Gasteiger partial charge in [0.15, 0.2) is 6.04 Å². The summed E-state index contributed by atoms with van der Waals surface area (Å²) in [4.78, 5) is 50.4. The lowest BCUT2D eigenvalue weighted by Gasteiger charge is -2.50. The molecule has 0 aliphatic carbocycles. The fraction of sp³-hybridized carbons (Fsp3) is 0.375. The van der Waals surface area contributed by atoms with E-state index in [9.17, 15) is 24.3 Å². The highest BCUT2D eigenvalue weighted by atomic mass is 127. The summed E-state index contributed by atoms with van der Waals surface area (Å²) < 4.78 is 5.58. The average molecular weight is 522 g/mol. The predicted octanol–water partition coefficient (Wildman–Crippen LogP) is 1.01. The number of hydrogen-bond acceptors (Lipinski definition) is 7. The van der Waals surface area contributed by atoms with Crippen LogP contribution in [0.3, 0.4) is 0 Å². The lowest BCUT2D eigenvalue weighted by molar-refractivity contribution is -0.161. The van der Waals surface area contributed by atoms with Gasteiger partial charge in [0, 0.05) is 9.30 Å². The number of β-lactam (4-membered cyclic amide) rings is 1. The molecule has 2 aliphatic heterocycles. The van der Waals surface area contributed by atoms with Gasteiger partial charge in [-0.2, -0.15) is 0 Å². The van der Waals surface area contributed by atoms with Crippen molar-refractivity contribution >= 4 is 69.4 Å². The van der Waals surface area contributed by atoms with Gasteiger partial charge >= 0.3 is 11.9 Å². The molecule has 0 radical (unpaired) electrons. The Morgan fingerprint density at radius 1 is 1.37 bits per heavy atom. The van der Waals surface area contributed by atoms with Gasteiger partial charge < -0.3 is 20.1 Å². The topological polar surface area (TPSA) is 113 Å². The van der Waals surface area contributed by atoms with Crippen LogP contribution in [-0.2, 0) is 30.3 Å². The van der Waals surface area contributed by atoms with Gasteiger partial charge in [-0.3, -0.25) is 9.59 Å². The molecule has 3 atom stereocenters. The molecule has 0 aromatic carbocycles. The molecule has 8 nitrogen and oxygen atoms in total. The molecule has 3 heterocycles. The summed E-state index contributed by atoms with van der Waals surface area (Å²) in [5, 5.41) is 14.9. The lowest BCUT2D eigenvalue weighted by atomic mass is 9.98. The first kappa shape index (κ1) is 20.1. The van der Waals surface area contributed by atoms with Crippen molar-refractivity contribution in [3.63, 3.8) is 0 Å². The van der Waals surface area contributed by atoms with Crippen molar-refractivity contribution in [2.45, 2.75) is 23.9 Å². The smallest absolute Gasteiger partial charge is 0.337 e.